The molecule has 0 bridgehead atoms. The third-order valence-electron chi connectivity index (χ3n) is 3.76. The zero-order valence-corrected chi connectivity index (χ0v) is 13.5. The Morgan fingerprint density at radius 3 is 2.86 bits per heavy atom. The van der Waals surface area contributed by atoms with E-state index in [9.17, 15) is 9.59 Å². The van der Waals surface area contributed by atoms with Gasteiger partial charge < -0.3 is 10.2 Å². The number of rotatable bonds is 2. The number of nitrogens with one attached hydrogen (secondary N) is 1. The molecule has 0 aromatic carbocycles. The second-order valence-corrected chi connectivity index (χ2v) is 6.73. The SMILES string of the molecule is Cn1cc(-c2ncc(C(=O)N3CCNC(=O)C3(C)C)s2)cn1. The average molecular weight is 319 g/mol. The summed E-state index contributed by atoms with van der Waals surface area (Å²) < 4.78 is 1.69. The average Bonchev–Trinajstić information content (AvgIpc) is 3.09. The van der Waals surface area contributed by atoms with Crippen LogP contribution in [0, 0.1) is 0 Å². The highest BCUT2D eigenvalue weighted by Gasteiger charge is 2.41. The molecule has 116 valence electrons. The van der Waals surface area contributed by atoms with Gasteiger partial charge in [0.05, 0.1) is 12.4 Å². The molecule has 22 heavy (non-hydrogen) atoms. The molecule has 0 unspecified atom stereocenters. The molecule has 1 aliphatic rings. The van der Waals surface area contributed by atoms with Gasteiger partial charge in [0.2, 0.25) is 5.91 Å². The van der Waals surface area contributed by atoms with Crippen molar-refractivity contribution in [3.8, 4) is 10.6 Å². The number of nitrogens with zero attached hydrogens (tertiary/aromatic N) is 4. The Morgan fingerprint density at radius 2 is 2.18 bits per heavy atom. The van der Waals surface area contributed by atoms with Crippen molar-refractivity contribution in [3.63, 3.8) is 0 Å². The number of aryl methyl sites for hydroxylation is 1. The van der Waals surface area contributed by atoms with Crippen LogP contribution in [0.15, 0.2) is 18.6 Å². The van der Waals surface area contributed by atoms with E-state index in [2.05, 4.69) is 15.4 Å². The number of carbonyl (C=O) groups is 2. The van der Waals surface area contributed by atoms with Gasteiger partial charge in [-0.15, -0.1) is 11.3 Å². The fourth-order valence-corrected chi connectivity index (χ4v) is 3.27. The molecule has 0 spiro atoms. The van der Waals surface area contributed by atoms with E-state index in [0.717, 1.165) is 10.6 Å². The highest BCUT2D eigenvalue weighted by atomic mass is 32.1. The van der Waals surface area contributed by atoms with Gasteiger partial charge in [-0.25, -0.2) is 4.98 Å². The molecular weight excluding hydrogens is 302 g/mol. The quantitative estimate of drug-likeness (QED) is 0.891. The van der Waals surface area contributed by atoms with Crippen LogP contribution in [0.25, 0.3) is 10.6 Å². The standard InChI is InChI=1S/C14H17N5O2S/c1-14(2)13(21)15-4-5-19(14)12(20)10-7-16-11(22-10)9-6-17-18(3)8-9/h6-8H,4-5H2,1-3H3,(H,15,21). The largest absolute Gasteiger partial charge is 0.352 e. The fraction of sp³-hybridized carbons (Fsp3) is 0.429. The second-order valence-electron chi connectivity index (χ2n) is 5.70. The van der Waals surface area contributed by atoms with Crippen LogP contribution in [0.5, 0.6) is 0 Å². The summed E-state index contributed by atoms with van der Waals surface area (Å²) in [6.07, 6.45) is 5.13. The molecular formula is C14H17N5O2S. The lowest BCUT2D eigenvalue weighted by atomic mass is 9.99. The summed E-state index contributed by atoms with van der Waals surface area (Å²) in [5, 5.41) is 7.64. The molecule has 0 radical (unpaired) electrons. The van der Waals surface area contributed by atoms with Gasteiger partial charge in [-0.2, -0.15) is 5.10 Å². The lowest BCUT2D eigenvalue weighted by Crippen LogP contribution is -2.63. The Kier molecular flexibility index (Phi) is 3.48. The van der Waals surface area contributed by atoms with Gasteiger partial charge in [-0.05, 0) is 13.8 Å². The molecule has 0 saturated carbocycles. The molecule has 3 heterocycles. The Balaban J connectivity index is 1.87. The third kappa shape index (κ3) is 2.39. The molecule has 1 fully saturated rings. The van der Waals surface area contributed by atoms with Gasteiger partial charge in [0, 0.05) is 31.9 Å². The van der Waals surface area contributed by atoms with Crippen molar-refractivity contribution in [1.82, 2.24) is 25.0 Å². The van der Waals surface area contributed by atoms with Gasteiger partial charge in [0.25, 0.3) is 5.91 Å². The van der Waals surface area contributed by atoms with Crippen LogP contribution in [0.3, 0.4) is 0 Å². The van der Waals surface area contributed by atoms with Crippen LogP contribution in [0.2, 0.25) is 0 Å². The van der Waals surface area contributed by atoms with E-state index >= 15 is 0 Å². The first-order valence-electron chi connectivity index (χ1n) is 6.94. The molecule has 2 amide bonds. The number of thiazole rings is 1. The van der Waals surface area contributed by atoms with Crippen LogP contribution < -0.4 is 5.32 Å². The normalized spacial score (nSPS) is 17.4. The minimum atomic E-state index is -0.853. The topological polar surface area (TPSA) is 80.1 Å². The molecule has 1 saturated heterocycles. The molecule has 1 N–H and O–H groups in total. The first-order chi connectivity index (χ1) is 10.4. The predicted molar refractivity (Wildman–Crippen MR) is 82.4 cm³/mol. The number of hydrogen-bond donors (Lipinski definition) is 1. The Bertz CT molecular complexity index is 733. The maximum Gasteiger partial charge on any atom is 0.266 e. The summed E-state index contributed by atoms with van der Waals surface area (Å²) in [4.78, 5) is 31.1. The molecule has 3 rings (SSSR count). The van der Waals surface area contributed by atoms with E-state index in [-0.39, 0.29) is 11.8 Å². The van der Waals surface area contributed by atoms with Crippen LogP contribution in [0.4, 0.5) is 0 Å². The van der Waals surface area contributed by atoms with E-state index in [0.29, 0.717) is 18.0 Å². The second kappa shape index (κ2) is 5.20. The molecule has 8 heteroatoms. The van der Waals surface area contributed by atoms with Gasteiger partial charge in [0.15, 0.2) is 0 Å². The monoisotopic (exact) mass is 319 g/mol. The highest BCUT2D eigenvalue weighted by Crippen LogP contribution is 2.28. The summed E-state index contributed by atoms with van der Waals surface area (Å²) in [5.74, 6) is -0.295. The molecule has 0 aliphatic carbocycles. The van der Waals surface area contributed by atoms with Crippen LogP contribution in [-0.2, 0) is 11.8 Å². The van der Waals surface area contributed by atoms with E-state index < -0.39 is 5.54 Å². The fourth-order valence-electron chi connectivity index (χ4n) is 2.43. The molecule has 1 aliphatic heterocycles. The highest BCUT2D eigenvalue weighted by molar-refractivity contribution is 7.16. The van der Waals surface area contributed by atoms with Crippen molar-refractivity contribution < 1.29 is 9.59 Å². The maximum absolute atomic E-state index is 12.7. The number of amides is 2. The lowest BCUT2D eigenvalue weighted by molar-refractivity contribution is -0.133. The van der Waals surface area contributed by atoms with Crippen LogP contribution in [0.1, 0.15) is 23.5 Å². The third-order valence-corrected chi connectivity index (χ3v) is 4.80. The minimum absolute atomic E-state index is 0.135. The van der Waals surface area contributed by atoms with Gasteiger partial charge in [-0.3, -0.25) is 14.3 Å². The summed E-state index contributed by atoms with van der Waals surface area (Å²) >= 11 is 1.32. The van der Waals surface area contributed by atoms with E-state index in [1.54, 1.807) is 35.8 Å². The number of piperazine rings is 1. The van der Waals surface area contributed by atoms with Crippen molar-refractivity contribution in [2.24, 2.45) is 7.05 Å². The van der Waals surface area contributed by atoms with Crippen molar-refractivity contribution in [2.75, 3.05) is 13.1 Å². The van der Waals surface area contributed by atoms with Gasteiger partial charge in [-0.1, -0.05) is 0 Å². The lowest BCUT2D eigenvalue weighted by Gasteiger charge is -2.40. The summed E-state index contributed by atoms with van der Waals surface area (Å²) in [6, 6.07) is 0. The summed E-state index contributed by atoms with van der Waals surface area (Å²) in [5.41, 5.74) is 0.0237. The predicted octanol–water partition coefficient (Wildman–Crippen LogP) is 0.894. The van der Waals surface area contributed by atoms with E-state index in [1.165, 1.54) is 11.3 Å². The Morgan fingerprint density at radius 1 is 1.41 bits per heavy atom. The van der Waals surface area contributed by atoms with E-state index in [1.807, 2.05) is 13.2 Å². The first-order valence-corrected chi connectivity index (χ1v) is 7.76. The zero-order valence-electron chi connectivity index (χ0n) is 12.7. The number of carbonyl (C=O) groups excluding carboxylic acids is 2. The van der Waals surface area contributed by atoms with Crippen molar-refractivity contribution >= 4 is 23.2 Å². The van der Waals surface area contributed by atoms with Crippen LogP contribution >= 0.6 is 11.3 Å². The Hall–Kier alpha value is -2.22. The van der Waals surface area contributed by atoms with E-state index in [4.69, 9.17) is 0 Å². The smallest absolute Gasteiger partial charge is 0.266 e. The van der Waals surface area contributed by atoms with Gasteiger partial charge >= 0.3 is 0 Å². The summed E-state index contributed by atoms with van der Waals surface area (Å²) in [6.45, 7) is 4.48. The van der Waals surface area contributed by atoms with Crippen molar-refractivity contribution in [3.05, 3.63) is 23.5 Å². The zero-order chi connectivity index (χ0) is 15.9. The molecule has 0 atom stereocenters. The molecule has 7 nitrogen and oxygen atoms in total. The Labute approximate surface area is 132 Å². The summed E-state index contributed by atoms with van der Waals surface area (Å²) in [7, 11) is 1.83. The molecule has 2 aromatic heterocycles. The minimum Gasteiger partial charge on any atom is -0.352 e. The maximum atomic E-state index is 12.7. The van der Waals surface area contributed by atoms with Crippen molar-refractivity contribution in [1.29, 1.82) is 0 Å². The van der Waals surface area contributed by atoms with Gasteiger partial charge in [0.1, 0.15) is 15.4 Å². The number of aromatic nitrogens is 3. The first kappa shape index (κ1) is 14.7. The van der Waals surface area contributed by atoms with Crippen molar-refractivity contribution in [2.45, 2.75) is 19.4 Å². The number of hydrogen-bond acceptors (Lipinski definition) is 5. The molecule has 2 aromatic rings. The van der Waals surface area contributed by atoms with Crippen LogP contribution in [-0.4, -0.2) is 50.1 Å².